The number of ether oxygens (including phenoxy) is 2. The Morgan fingerprint density at radius 3 is 2.85 bits per heavy atom. The predicted molar refractivity (Wildman–Crippen MR) is 97.7 cm³/mol. The number of carbonyl (C=O) groups is 2. The zero-order valence-corrected chi connectivity index (χ0v) is 14.7. The van der Waals surface area contributed by atoms with Crippen molar-refractivity contribution < 1.29 is 19.1 Å². The number of rotatable bonds is 4. The standard InChI is InChI=1S/C18H15N3O4S/c1-10(22)20-18-21-13-4-3-12(7-16(13)26-18)17(23)19-8-11-2-5-14-15(6-11)25-9-24-14/h2-7H,8-9H2,1H3,(H,19,23)(H,20,21,22). The van der Waals surface area contributed by atoms with Crippen molar-refractivity contribution in [3.8, 4) is 11.5 Å². The number of hydrogen-bond donors (Lipinski definition) is 2. The Kier molecular flexibility index (Phi) is 4.18. The molecule has 0 atom stereocenters. The Hall–Kier alpha value is -3.13. The molecule has 0 saturated heterocycles. The van der Waals surface area contributed by atoms with E-state index in [-0.39, 0.29) is 18.6 Å². The first-order valence-electron chi connectivity index (χ1n) is 7.93. The third-order valence-corrected chi connectivity index (χ3v) is 4.76. The lowest BCUT2D eigenvalue weighted by atomic mass is 10.1. The average molecular weight is 369 g/mol. The molecule has 2 N–H and O–H groups in total. The summed E-state index contributed by atoms with van der Waals surface area (Å²) in [4.78, 5) is 27.9. The van der Waals surface area contributed by atoms with Gasteiger partial charge in [0.15, 0.2) is 16.6 Å². The largest absolute Gasteiger partial charge is 0.454 e. The van der Waals surface area contributed by atoms with Gasteiger partial charge in [-0.2, -0.15) is 0 Å². The van der Waals surface area contributed by atoms with Gasteiger partial charge in [-0.25, -0.2) is 4.98 Å². The average Bonchev–Trinajstić information content (AvgIpc) is 3.23. The molecule has 2 amide bonds. The van der Waals surface area contributed by atoms with Crippen molar-refractivity contribution in [3.63, 3.8) is 0 Å². The van der Waals surface area contributed by atoms with E-state index in [0.29, 0.717) is 28.7 Å². The molecular formula is C18H15N3O4S. The number of amides is 2. The summed E-state index contributed by atoms with van der Waals surface area (Å²) in [5.74, 6) is 1.05. The van der Waals surface area contributed by atoms with E-state index in [1.165, 1.54) is 18.3 Å². The fraction of sp³-hybridized carbons (Fsp3) is 0.167. The number of thiazole rings is 1. The van der Waals surface area contributed by atoms with Crippen LogP contribution in [-0.2, 0) is 11.3 Å². The number of nitrogens with zero attached hydrogens (tertiary/aromatic N) is 1. The molecule has 0 spiro atoms. The molecule has 0 saturated carbocycles. The van der Waals surface area contributed by atoms with Crippen LogP contribution in [0.1, 0.15) is 22.8 Å². The number of nitrogens with one attached hydrogen (secondary N) is 2. The van der Waals surface area contributed by atoms with Crippen LogP contribution in [-0.4, -0.2) is 23.6 Å². The van der Waals surface area contributed by atoms with E-state index in [0.717, 1.165) is 15.8 Å². The van der Waals surface area contributed by atoms with Crippen molar-refractivity contribution in [2.24, 2.45) is 0 Å². The Morgan fingerprint density at radius 1 is 1.15 bits per heavy atom. The SMILES string of the molecule is CC(=O)Nc1nc2ccc(C(=O)NCc3ccc4c(c3)OCO4)cc2s1. The van der Waals surface area contributed by atoms with E-state index in [2.05, 4.69) is 15.6 Å². The van der Waals surface area contributed by atoms with Crippen LogP contribution in [0.25, 0.3) is 10.2 Å². The minimum Gasteiger partial charge on any atom is -0.454 e. The lowest BCUT2D eigenvalue weighted by molar-refractivity contribution is -0.114. The third kappa shape index (κ3) is 3.31. The molecule has 4 rings (SSSR count). The van der Waals surface area contributed by atoms with Gasteiger partial charge in [0.05, 0.1) is 10.2 Å². The van der Waals surface area contributed by atoms with Crippen LogP contribution in [0.5, 0.6) is 11.5 Å². The number of carbonyl (C=O) groups excluding carboxylic acids is 2. The lowest BCUT2D eigenvalue weighted by Gasteiger charge is -2.06. The number of hydrogen-bond acceptors (Lipinski definition) is 6. The maximum absolute atomic E-state index is 12.4. The van der Waals surface area contributed by atoms with E-state index < -0.39 is 0 Å². The minimum atomic E-state index is -0.181. The second-order valence-electron chi connectivity index (χ2n) is 5.75. The Bertz CT molecular complexity index is 1010. The van der Waals surface area contributed by atoms with E-state index in [4.69, 9.17) is 9.47 Å². The van der Waals surface area contributed by atoms with Gasteiger partial charge in [0.1, 0.15) is 0 Å². The smallest absolute Gasteiger partial charge is 0.251 e. The molecule has 1 aliphatic heterocycles. The summed E-state index contributed by atoms with van der Waals surface area (Å²) in [6.07, 6.45) is 0. The molecule has 0 bridgehead atoms. The maximum Gasteiger partial charge on any atom is 0.251 e. The zero-order chi connectivity index (χ0) is 18.1. The first-order chi connectivity index (χ1) is 12.6. The molecule has 0 radical (unpaired) electrons. The summed E-state index contributed by atoms with van der Waals surface area (Å²) >= 11 is 1.33. The van der Waals surface area contributed by atoms with Crippen LogP contribution in [0.15, 0.2) is 36.4 Å². The number of aromatic nitrogens is 1. The molecule has 2 aromatic carbocycles. The van der Waals surface area contributed by atoms with Crippen LogP contribution in [0.4, 0.5) is 5.13 Å². The van der Waals surface area contributed by atoms with Crippen molar-refractivity contribution in [3.05, 3.63) is 47.5 Å². The van der Waals surface area contributed by atoms with Gasteiger partial charge in [0, 0.05) is 19.0 Å². The molecule has 1 aliphatic rings. The third-order valence-electron chi connectivity index (χ3n) is 3.82. The van der Waals surface area contributed by atoms with Crippen LogP contribution in [0.3, 0.4) is 0 Å². The molecule has 1 aromatic heterocycles. The van der Waals surface area contributed by atoms with Gasteiger partial charge in [-0.3, -0.25) is 9.59 Å². The van der Waals surface area contributed by atoms with Gasteiger partial charge >= 0.3 is 0 Å². The summed E-state index contributed by atoms with van der Waals surface area (Å²) in [6.45, 7) is 2.04. The van der Waals surface area contributed by atoms with Crippen molar-refractivity contribution in [2.75, 3.05) is 12.1 Å². The fourth-order valence-corrected chi connectivity index (χ4v) is 3.56. The van der Waals surface area contributed by atoms with Gasteiger partial charge in [-0.05, 0) is 35.9 Å². The Balaban J connectivity index is 1.46. The summed E-state index contributed by atoms with van der Waals surface area (Å²) in [5, 5.41) is 6.06. The Morgan fingerprint density at radius 2 is 2.00 bits per heavy atom. The van der Waals surface area contributed by atoms with Crippen molar-refractivity contribution in [1.29, 1.82) is 0 Å². The zero-order valence-electron chi connectivity index (χ0n) is 13.9. The van der Waals surface area contributed by atoms with Crippen LogP contribution in [0, 0.1) is 0 Å². The van der Waals surface area contributed by atoms with E-state index in [9.17, 15) is 9.59 Å². The van der Waals surface area contributed by atoms with E-state index >= 15 is 0 Å². The molecule has 0 aliphatic carbocycles. The van der Waals surface area contributed by atoms with Gasteiger partial charge in [0.25, 0.3) is 5.91 Å². The van der Waals surface area contributed by atoms with Crippen molar-refractivity contribution in [2.45, 2.75) is 13.5 Å². The van der Waals surface area contributed by atoms with Gasteiger partial charge in [0.2, 0.25) is 12.7 Å². The molecule has 132 valence electrons. The highest BCUT2D eigenvalue weighted by atomic mass is 32.1. The van der Waals surface area contributed by atoms with Crippen molar-refractivity contribution >= 4 is 38.5 Å². The monoisotopic (exact) mass is 369 g/mol. The second kappa shape index (κ2) is 6.64. The lowest BCUT2D eigenvalue weighted by Crippen LogP contribution is -2.22. The fourth-order valence-electron chi connectivity index (χ4n) is 2.61. The summed E-state index contributed by atoms with van der Waals surface area (Å²) in [7, 11) is 0. The van der Waals surface area contributed by atoms with E-state index in [1.54, 1.807) is 18.2 Å². The number of benzene rings is 2. The molecule has 2 heterocycles. The second-order valence-corrected chi connectivity index (χ2v) is 6.78. The molecule has 0 fully saturated rings. The highest BCUT2D eigenvalue weighted by molar-refractivity contribution is 7.22. The number of fused-ring (bicyclic) bond motifs is 2. The molecule has 3 aromatic rings. The Labute approximate surface area is 152 Å². The summed E-state index contributed by atoms with van der Waals surface area (Å²) in [6, 6.07) is 10.8. The van der Waals surface area contributed by atoms with Gasteiger partial charge in [-0.15, -0.1) is 0 Å². The molecule has 8 heteroatoms. The van der Waals surface area contributed by atoms with Crippen LogP contribution >= 0.6 is 11.3 Å². The quantitative estimate of drug-likeness (QED) is 0.738. The summed E-state index contributed by atoms with van der Waals surface area (Å²) < 4.78 is 11.5. The first kappa shape index (κ1) is 16.3. The highest BCUT2D eigenvalue weighted by Gasteiger charge is 2.14. The predicted octanol–water partition coefficient (Wildman–Crippen LogP) is 2.91. The normalized spacial score (nSPS) is 12.2. The number of anilines is 1. The van der Waals surface area contributed by atoms with Gasteiger partial charge < -0.3 is 20.1 Å². The highest BCUT2D eigenvalue weighted by Crippen LogP contribution is 2.32. The molecule has 0 unspecified atom stereocenters. The first-order valence-corrected chi connectivity index (χ1v) is 8.75. The van der Waals surface area contributed by atoms with Gasteiger partial charge in [-0.1, -0.05) is 17.4 Å². The molecule has 26 heavy (non-hydrogen) atoms. The van der Waals surface area contributed by atoms with Crippen LogP contribution in [0.2, 0.25) is 0 Å². The van der Waals surface area contributed by atoms with Crippen molar-refractivity contribution in [1.82, 2.24) is 10.3 Å². The van der Waals surface area contributed by atoms with E-state index in [1.807, 2.05) is 18.2 Å². The maximum atomic E-state index is 12.4. The minimum absolute atomic E-state index is 0.175. The van der Waals surface area contributed by atoms with Crippen LogP contribution < -0.4 is 20.1 Å². The molecular weight excluding hydrogens is 354 g/mol. The molecule has 7 nitrogen and oxygen atoms in total. The summed E-state index contributed by atoms with van der Waals surface area (Å²) in [5.41, 5.74) is 2.21. The topological polar surface area (TPSA) is 89.6 Å².